The third-order valence-electron chi connectivity index (χ3n) is 12.3. The van der Waals surface area contributed by atoms with Crippen LogP contribution in [0.5, 0.6) is 0 Å². The van der Waals surface area contributed by atoms with Gasteiger partial charge in [0, 0.05) is 45.1 Å². The Kier molecular flexibility index (Phi) is 8.95. The Morgan fingerprint density at radius 1 is 0.375 bits per heavy atom. The summed E-state index contributed by atoms with van der Waals surface area (Å²) < 4.78 is 0. The molecule has 0 N–H and O–H groups in total. The van der Waals surface area contributed by atoms with Gasteiger partial charge in [0.2, 0.25) is 0 Å². The van der Waals surface area contributed by atoms with Gasteiger partial charge in [-0.1, -0.05) is 126 Å². The van der Waals surface area contributed by atoms with E-state index in [2.05, 4.69) is 52.0 Å². The zero-order valence-corrected chi connectivity index (χ0v) is 32.6. The van der Waals surface area contributed by atoms with Gasteiger partial charge in [-0.05, 0) is 105 Å². The van der Waals surface area contributed by atoms with Crippen molar-refractivity contribution in [2.45, 2.75) is 91.1 Å². The first-order valence-corrected chi connectivity index (χ1v) is 20.5. The lowest BCUT2D eigenvalue weighted by Crippen LogP contribution is -2.47. The molecular weight excluding hydrogens is 693 g/mol. The largest absolute Gasteiger partial charge is 0.271 e. The molecular formula is C50H46N2O4. The molecule has 0 aromatic heterocycles. The van der Waals surface area contributed by atoms with Crippen LogP contribution in [0.1, 0.15) is 120 Å². The first kappa shape index (κ1) is 35.8. The Bertz CT molecular complexity index is 2530. The summed E-state index contributed by atoms with van der Waals surface area (Å²) in [5.74, 6) is -0.994. The van der Waals surface area contributed by atoms with Crippen molar-refractivity contribution in [2.24, 2.45) is 0 Å². The van der Waals surface area contributed by atoms with E-state index in [1.165, 1.54) is 9.80 Å². The Labute approximate surface area is 327 Å². The molecule has 0 unspecified atom stereocenters. The van der Waals surface area contributed by atoms with Gasteiger partial charge in [-0.3, -0.25) is 29.0 Å². The van der Waals surface area contributed by atoms with E-state index in [0.717, 1.165) is 106 Å². The van der Waals surface area contributed by atoms with Crippen molar-refractivity contribution in [1.29, 1.82) is 0 Å². The van der Waals surface area contributed by atoms with E-state index >= 15 is 0 Å². The molecule has 56 heavy (non-hydrogen) atoms. The van der Waals surface area contributed by atoms with E-state index in [1.54, 1.807) is 0 Å². The summed E-state index contributed by atoms with van der Waals surface area (Å²) in [6.07, 6.45) is 6.46. The number of hydrogen-bond acceptors (Lipinski definition) is 4. The fraction of sp³-hybridized carbons (Fsp3) is 0.280. The van der Waals surface area contributed by atoms with Crippen LogP contribution in [-0.2, 0) is 0 Å². The number of benzene rings is 7. The lowest BCUT2D eigenvalue weighted by molar-refractivity contribution is 0.0505. The first-order valence-electron chi connectivity index (χ1n) is 20.5. The van der Waals surface area contributed by atoms with Crippen LogP contribution < -0.4 is 0 Å². The summed E-state index contributed by atoms with van der Waals surface area (Å²) >= 11 is 0. The number of carbonyl (C=O) groups excluding carboxylic acids is 4. The molecule has 0 bridgehead atoms. The Hall–Kier alpha value is -5.88. The zero-order valence-electron chi connectivity index (χ0n) is 32.6. The van der Waals surface area contributed by atoms with Crippen molar-refractivity contribution in [3.63, 3.8) is 0 Å². The zero-order chi connectivity index (χ0) is 38.8. The topological polar surface area (TPSA) is 74.8 Å². The molecule has 2 aliphatic heterocycles. The molecule has 7 aromatic rings. The number of carbonyl (C=O) groups is 4. The Morgan fingerprint density at radius 2 is 0.714 bits per heavy atom. The molecule has 6 nitrogen and oxygen atoms in total. The van der Waals surface area contributed by atoms with Gasteiger partial charge >= 0.3 is 0 Å². The van der Waals surface area contributed by atoms with Gasteiger partial charge in [-0.15, -0.1) is 0 Å². The van der Waals surface area contributed by atoms with Crippen molar-refractivity contribution in [2.75, 3.05) is 0 Å². The average molecular weight is 739 g/mol. The highest BCUT2D eigenvalue weighted by molar-refractivity contribution is 6.44. The number of fused-ring (bicyclic) bond motifs is 2. The van der Waals surface area contributed by atoms with Crippen LogP contribution >= 0.6 is 0 Å². The third kappa shape index (κ3) is 5.14. The van der Waals surface area contributed by atoms with E-state index in [0.29, 0.717) is 33.0 Å². The van der Waals surface area contributed by atoms with E-state index in [9.17, 15) is 19.2 Å². The molecule has 0 spiro atoms. The van der Waals surface area contributed by atoms with Gasteiger partial charge in [-0.25, -0.2) is 0 Å². The fourth-order valence-corrected chi connectivity index (χ4v) is 10.00. The number of imide groups is 2. The Balaban J connectivity index is 1.46. The van der Waals surface area contributed by atoms with Crippen LogP contribution in [0.25, 0.3) is 65.3 Å². The highest BCUT2D eigenvalue weighted by atomic mass is 16.2. The molecule has 2 heterocycles. The molecule has 6 heteroatoms. The van der Waals surface area contributed by atoms with Gasteiger partial charge in [0.05, 0.1) is 0 Å². The number of nitrogens with zero attached hydrogens (tertiary/aromatic N) is 2. The quantitative estimate of drug-likeness (QED) is 0.0710. The monoisotopic (exact) mass is 738 g/mol. The maximum atomic E-state index is 14.9. The van der Waals surface area contributed by atoms with Crippen molar-refractivity contribution >= 4 is 66.7 Å². The van der Waals surface area contributed by atoms with Crippen molar-refractivity contribution in [3.05, 3.63) is 119 Å². The van der Waals surface area contributed by atoms with Gasteiger partial charge in [0.25, 0.3) is 23.6 Å². The summed E-state index contributed by atoms with van der Waals surface area (Å²) in [7, 11) is 0. The smallest absolute Gasteiger partial charge is 0.261 e. The molecule has 0 radical (unpaired) electrons. The van der Waals surface area contributed by atoms with Gasteiger partial charge in [0.1, 0.15) is 0 Å². The maximum absolute atomic E-state index is 14.9. The van der Waals surface area contributed by atoms with E-state index in [4.69, 9.17) is 0 Å². The molecule has 7 aromatic carbocycles. The molecule has 280 valence electrons. The van der Waals surface area contributed by atoms with Crippen molar-refractivity contribution in [1.82, 2.24) is 9.80 Å². The van der Waals surface area contributed by atoms with Crippen LogP contribution in [0.15, 0.2) is 97.1 Å². The number of amides is 4. The van der Waals surface area contributed by atoms with Crippen LogP contribution in [0.3, 0.4) is 0 Å². The predicted molar refractivity (Wildman–Crippen MR) is 227 cm³/mol. The second kappa shape index (κ2) is 14.0. The SMILES string of the molecule is CCCC(CCC)N1C(=O)c2ccc3c4c(-c5ccccc5)cc5c6c(ccc(c7c(-c8ccccc8)cc(c2c37)C1=O)c64)C(=O)N(C(CCC)CCC)C5=O. The highest BCUT2D eigenvalue weighted by Gasteiger charge is 2.41. The minimum Gasteiger partial charge on any atom is -0.271 e. The van der Waals surface area contributed by atoms with Crippen LogP contribution in [0.4, 0.5) is 0 Å². The third-order valence-corrected chi connectivity index (χ3v) is 12.3. The molecule has 0 aliphatic carbocycles. The van der Waals surface area contributed by atoms with Gasteiger partial charge < -0.3 is 0 Å². The Morgan fingerprint density at radius 3 is 1.05 bits per heavy atom. The second-order valence-electron chi connectivity index (χ2n) is 15.7. The molecule has 2 aliphatic rings. The molecule has 0 fully saturated rings. The van der Waals surface area contributed by atoms with Crippen LogP contribution in [0.2, 0.25) is 0 Å². The summed E-state index contributed by atoms with van der Waals surface area (Å²) in [6, 6.07) is 31.7. The van der Waals surface area contributed by atoms with Gasteiger partial charge in [0.15, 0.2) is 0 Å². The van der Waals surface area contributed by atoms with E-state index < -0.39 is 0 Å². The number of rotatable bonds is 12. The minimum atomic E-state index is -0.250. The lowest BCUT2D eigenvalue weighted by atomic mass is 9.77. The van der Waals surface area contributed by atoms with Crippen LogP contribution in [0, 0.1) is 0 Å². The number of hydrogen-bond donors (Lipinski definition) is 0. The van der Waals surface area contributed by atoms with Crippen LogP contribution in [-0.4, -0.2) is 45.5 Å². The molecule has 4 amide bonds. The minimum absolute atomic E-state index is 0.189. The highest BCUT2D eigenvalue weighted by Crippen LogP contribution is 2.52. The van der Waals surface area contributed by atoms with Crippen molar-refractivity contribution in [3.8, 4) is 22.3 Å². The van der Waals surface area contributed by atoms with Crippen molar-refractivity contribution < 1.29 is 19.2 Å². The van der Waals surface area contributed by atoms with Gasteiger partial charge in [-0.2, -0.15) is 0 Å². The molecule has 0 saturated carbocycles. The molecule has 0 saturated heterocycles. The van der Waals surface area contributed by atoms with E-state index in [-0.39, 0.29) is 35.7 Å². The summed E-state index contributed by atoms with van der Waals surface area (Å²) in [4.78, 5) is 62.0. The fourth-order valence-electron chi connectivity index (χ4n) is 10.00. The lowest BCUT2D eigenvalue weighted by Gasteiger charge is -2.36. The second-order valence-corrected chi connectivity index (χ2v) is 15.7. The standard InChI is InChI=1S/C50H46N2O4/c1-5-15-31(16-6-2)51-47(53)35-25-23-33-42-38(30-21-13-10-14-22-30)28-40-44-36(48(54)52(50(40)56)32(17-7-3)18-8-4)26-24-34(46(42)44)41-37(29-19-11-9-12-20-29)27-39(49(51)55)43(35)45(33)41/h9-14,19-28,31-32H,5-8,15-18H2,1-4H3. The predicted octanol–water partition coefficient (Wildman–Crippen LogP) is 12.2. The normalized spacial score (nSPS) is 14.3. The summed E-state index contributed by atoms with van der Waals surface area (Å²) in [5.41, 5.74) is 5.78. The summed E-state index contributed by atoms with van der Waals surface area (Å²) in [5, 5.41) is 6.66. The average Bonchev–Trinajstić information content (AvgIpc) is 3.22. The first-order chi connectivity index (χ1) is 27.3. The maximum Gasteiger partial charge on any atom is 0.261 e. The summed E-state index contributed by atoms with van der Waals surface area (Å²) in [6.45, 7) is 8.39. The molecule has 0 atom stereocenters. The van der Waals surface area contributed by atoms with E-state index in [1.807, 2.05) is 72.8 Å². The molecule has 9 rings (SSSR count).